The monoisotopic (exact) mass is 120 g/mol. The van der Waals surface area contributed by atoms with Crippen molar-refractivity contribution in [3.63, 3.8) is 0 Å². The summed E-state index contributed by atoms with van der Waals surface area (Å²) in [5.74, 6) is 0. The second-order valence-corrected chi connectivity index (χ2v) is 1.20. The number of aromatic amines is 1. The molecular formula is C5H5BN2O. The fraction of sp³-hybridized carbons (Fsp3) is 0. The highest BCUT2D eigenvalue weighted by molar-refractivity contribution is 5.95. The number of hydrogen-bond acceptors (Lipinski definition) is 2. The molecule has 0 saturated carbocycles. The summed E-state index contributed by atoms with van der Waals surface area (Å²) in [6.45, 7) is 0. The Morgan fingerprint density at radius 3 is 2.56 bits per heavy atom. The number of nitriles is 1. The van der Waals surface area contributed by atoms with Gasteiger partial charge in [-0.1, -0.05) is 0 Å². The van der Waals surface area contributed by atoms with Gasteiger partial charge in [0.05, 0.1) is 0 Å². The van der Waals surface area contributed by atoms with Crippen molar-refractivity contribution in [2.24, 2.45) is 0 Å². The summed E-state index contributed by atoms with van der Waals surface area (Å²) >= 11 is 0. The highest BCUT2D eigenvalue weighted by Crippen LogP contribution is 1.87. The molecule has 0 aliphatic heterocycles. The molecule has 0 spiro atoms. The molecule has 0 amide bonds. The summed E-state index contributed by atoms with van der Waals surface area (Å²) < 4.78 is 0. The van der Waals surface area contributed by atoms with Crippen molar-refractivity contribution in [3.05, 3.63) is 24.0 Å². The van der Waals surface area contributed by atoms with Crippen molar-refractivity contribution in [1.29, 1.82) is 5.26 Å². The van der Waals surface area contributed by atoms with Crippen molar-refractivity contribution >= 4 is 8.05 Å². The SMILES string of the molecule is N#Cc1ccc[nH]1.[B]O. The quantitative estimate of drug-likeness (QED) is 0.471. The summed E-state index contributed by atoms with van der Waals surface area (Å²) in [5.41, 5.74) is 0.611. The minimum Gasteiger partial charge on any atom is -0.461 e. The Bertz CT molecular complexity index is 177. The van der Waals surface area contributed by atoms with Gasteiger partial charge in [0.15, 0.2) is 0 Å². The number of nitrogens with zero attached hydrogens (tertiary/aromatic N) is 1. The van der Waals surface area contributed by atoms with Crippen LogP contribution in [-0.4, -0.2) is 18.1 Å². The molecule has 2 N–H and O–H groups in total. The van der Waals surface area contributed by atoms with E-state index in [-0.39, 0.29) is 0 Å². The van der Waals surface area contributed by atoms with Gasteiger partial charge in [-0.2, -0.15) is 5.26 Å². The van der Waals surface area contributed by atoms with Crippen LogP contribution in [0.2, 0.25) is 0 Å². The Kier molecular flexibility index (Phi) is 4.28. The summed E-state index contributed by atoms with van der Waals surface area (Å²) in [7, 11) is 3.50. The van der Waals surface area contributed by atoms with E-state index in [0.717, 1.165) is 0 Å². The van der Waals surface area contributed by atoms with Crippen LogP contribution in [0, 0.1) is 11.3 Å². The zero-order chi connectivity index (χ0) is 7.11. The Morgan fingerprint density at radius 2 is 2.33 bits per heavy atom. The molecule has 2 radical (unpaired) electrons. The van der Waals surface area contributed by atoms with Crippen LogP contribution in [0.5, 0.6) is 0 Å². The van der Waals surface area contributed by atoms with E-state index in [4.69, 9.17) is 10.3 Å². The molecule has 9 heavy (non-hydrogen) atoms. The van der Waals surface area contributed by atoms with Gasteiger partial charge in [-0.15, -0.1) is 0 Å². The first-order valence-corrected chi connectivity index (χ1v) is 2.23. The van der Waals surface area contributed by atoms with Gasteiger partial charge in [-0.25, -0.2) is 0 Å². The van der Waals surface area contributed by atoms with E-state index in [2.05, 4.69) is 13.0 Å². The summed E-state index contributed by atoms with van der Waals surface area (Å²) in [6.07, 6.45) is 1.72. The van der Waals surface area contributed by atoms with Crippen molar-refractivity contribution in [2.75, 3.05) is 0 Å². The van der Waals surface area contributed by atoms with E-state index in [0.29, 0.717) is 5.69 Å². The van der Waals surface area contributed by atoms with Crippen LogP contribution >= 0.6 is 0 Å². The Balaban J connectivity index is 0.000000291. The van der Waals surface area contributed by atoms with Crippen molar-refractivity contribution in [3.8, 4) is 6.07 Å². The largest absolute Gasteiger partial charge is 0.461 e. The third-order valence-corrected chi connectivity index (χ3v) is 0.718. The van der Waals surface area contributed by atoms with Gasteiger partial charge in [-0.3, -0.25) is 0 Å². The van der Waals surface area contributed by atoms with E-state index in [9.17, 15) is 0 Å². The molecule has 3 nitrogen and oxygen atoms in total. The normalized spacial score (nSPS) is 6.67. The number of rotatable bonds is 0. The van der Waals surface area contributed by atoms with E-state index >= 15 is 0 Å². The first kappa shape index (κ1) is 7.79. The minimum atomic E-state index is 0.611. The topological polar surface area (TPSA) is 59.8 Å². The van der Waals surface area contributed by atoms with E-state index in [1.807, 2.05) is 6.07 Å². The van der Waals surface area contributed by atoms with Crippen LogP contribution in [0.3, 0.4) is 0 Å². The zero-order valence-electron chi connectivity index (χ0n) is 4.70. The Morgan fingerprint density at radius 1 is 1.67 bits per heavy atom. The van der Waals surface area contributed by atoms with Crippen LogP contribution in [-0.2, 0) is 0 Å². The van der Waals surface area contributed by atoms with Crippen molar-refractivity contribution in [2.45, 2.75) is 0 Å². The fourth-order valence-electron chi connectivity index (χ4n) is 0.400. The Hall–Kier alpha value is -1.21. The maximum Gasteiger partial charge on any atom is 0.277 e. The van der Waals surface area contributed by atoms with Crippen LogP contribution in [0.25, 0.3) is 0 Å². The molecule has 0 fully saturated rings. The minimum absolute atomic E-state index is 0.611. The fourth-order valence-corrected chi connectivity index (χ4v) is 0.400. The number of aromatic nitrogens is 1. The second-order valence-electron chi connectivity index (χ2n) is 1.20. The molecule has 0 unspecified atom stereocenters. The molecule has 1 aromatic rings. The van der Waals surface area contributed by atoms with Crippen LogP contribution < -0.4 is 0 Å². The van der Waals surface area contributed by atoms with Gasteiger partial charge in [-0.05, 0) is 12.1 Å². The number of nitrogens with one attached hydrogen (secondary N) is 1. The smallest absolute Gasteiger partial charge is 0.277 e. The lowest BCUT2D eigenvalue weighted by Gasteiger charge is -1.66. The summed E-state index contributed by atoms with van der Waals surface area (Å²) in [4.78, 5) is 2.73. The van der Waals surface area contributed by atoms with Crippen LogP contribution in [0.1, 0.15) is 5.69 Å². The third kappa shape index (κ3) is 2.57. The summed E-state index contributed by atoms with van der Waals surface area (Å²) in [6, 6.07) is 5.46. The molecule has 44 valence electrons. The molecule has 1 rings (SSSR count). The van der Waals surface area contributed by atoms with Gasteiger partial charge in [0, 0.05) is 6.20 Å². The molecular weight excluding hydrogens is 115 g/mol. The van der Waals surface area contributed by atoms with E-state index in [1.165, 1.54) is 0 Å². The van der Waals surface area contributed by atoms with E-state index in [1.54, 1.807) is 18.3 Å². The van der Waals surface area contributed by atoms with Gasteiger partial charge >= 0.3 is 0 Å². The zero-order valence-corrected chi connectivity index (χ0v) is 4.70. The summed E-state index contributed by atoms with van der Waals surface area (Å²) in [5, 5.41) is 14.6. The molecule has 0 aliphatic carbocycles. The lowest BCUT2D eigenvalue weighted by molar-refractivity contribution is 0.629. The van der Waals surface area contributed by atoms with Crippen LogP contribution in [0.15, 0.2) is 18.3 Å². The predicted octanol–water partition coefficient (Wildman–Crippen LogP) is -0.0514. The second kappa shape index (κ2) is 4.94. The molecule has 0 bridgehead atoms. The number of H-pyrrole nitrogens is 1. The molecule has 1 heterocycles. The Labute approximate surface area is 54.4 Å². The molecule has 0 atom stereocenters. The lowest BCUT2D eigenvalue weighted by Crippen LogP contribution is -1.64. The number of hydrogen-bond donors (Lipinski definition) is 2. The first-order valence-electron chi connectivity index (χ1n) is 2.23. The van der Waals surface area contributed by atoms with Gasteiger partial charge in [0.25, 0.3) is 8.05 Å². The highest BCUT2D eigenvalue weighted by Gasteiger charge is 1.80. The van der Waals surface area contributed by atoms with Crippen molar-refractivity contribution < 1.29 is 5.02 Å². The molecule has 4 heteroatoms. The average molecular weight is 120 g/mol. The van der Waals surface area contributed by atoms with Gasteiger partial charge in [0.1, 0.15) is 11.8 Å². The lowest BCUT2D eigenvalue weighted by atomic mass is 10.5. The maximum atomic E-state index is 8.15. The molecule has 0 saturated heterocycles. The standard InChI is InChI=1S/C5H4N2.BHO/c6-4-5-2-1-3-7-5;1-2/h1-3,7H;2H. The molecule has 0 aliphatic rings. The maximum absolute atomic E-state index is 8.15. The molecule has 1 aromatic heterocycles. The van der Waals surface area contributed by atoms with Crippen molar-refractivity contribution in [1.82, 2.24) is 4.98 Å². The first-order chi connectivity index (χ1) is 4.43. The van der Waals surface area contributed by atoms with E-state index < -0.39 is 0 Å². The third-order valence-electron chi connectivity index (χ3n) is 0.718. The highest BCUT2D eigenvalue weighted by atomic mass is 16.2. The van der Waals surface area contributed by atoms with Gasteiger partial charge < -0.3 is 10.0 Å². The predicted molar refractivity (Wildman–Crippen MR) is 33.5 cm³/mol. The van der Waals surface area contributed by atoms with Gasteiger partial charge in [0.2, 0.25) is 0 Å². The average Bonchev–Trinajstić information content (AvgIpc) is 2.43. The molecule has 0 aromatic carbocycles. The van der Waals surface area contributed by atoms with Crippen LogP contribution in [0.4, 0.5) is 0 Å².